The van der Waals surface area contributed by atoms with Gasteiger partial charge in [-0.25, -0.2) is 0 Å². The third kappa shape index (κ3) is 3.90. The van der Waals surface area contributed by atoms with Crippen molar-refractivity contribution in [2.75, 3.05) is 0 Å². The van der Waals surface area contributed by atoms with Crippen LogP contribution in [0.5, 0.6) is 0 Å². The Morgan fingerprint density at radius 3 is 1.95 bits per heavy atom. The maximum absolute atomic E-state index is 12.4. The maximum atomic E-state index is 12.4. The summed E-state index contributed by atoms with van der Waals surface area (Å²) in [4.78, 5) is 0. The molecule has 0 bridgehead atoms. The van der Waals surface area contributed by atoms with Crippen molar-refractivity contribution in [2.45, 2.75) is 18.0 Å². The quantitative estimate of drug-likeness (QED) is 0.620. The van der Waals surface area contributed by atoms with Crippen LogP contribution in [0.4, 0.5) is 13.2 Å². The molecule has 0 aliphatic heterocycles. The van der Waals surface area contributed by atoms with E-state index in [2.05, 4.69) is 0 Å². The molecule has 2 aromatic carbocycles. The molecule has 0 amide bonds. The SMILES string of the molecule is FC(F)(F)c1ccc(CC(Cl)c2ccc(Cl)cc2)cc1. The Bertz CT molecular complexity index is 559. The van der Waals surface area contributed by atoms with E-state index in [9.17, 15) is 13.2 Å². The highest BCUT2D eigenvalue weighted by Gasteiger charge is 2.29. The van der Waals surface area contributed by atoms with Gasteiger partial charge in [0.05, 0.1) is 10.9 Å². The molecule has 2 aromatic rings. The van der Waals surface area contributed by atoms with Crippen LogP contribution < -0.4 is 0 Å². The average Bonchev–Trinajstić information content (AvgIpc) is 2.39. The van der Waals surface area contributed by atoms with E-state index < -0.39 is 11.7 Å². The fourth-order valence-corrected chi connectivity index (χ4v) is 2.28. The first-order valence-electron chi connectivity index (χ1n) is 5.92. The summed E-state index contributed by atoms with van der Waals surface area (Å²) in [7, 11) is 0. The first-order valence-corrected chi connectivity index (χ1v) is 6.73. The average molecular weight is 319 g/mol. The maximum Gasteiger partial charge on any atom is 0.416 e. The Morgan fingerprint density at radius 2 is 1.45 bits per heavy atom. The minimum Gasteiger partial charge on any atom is -0.166 e. The molecule has 0 spiro atoms. The molecule has 1 unspecified atom stereocenters. The van der Waals surface area contributed by atoms with E-state index in [1.165, 1.54) is 12.1 Å². The van der Waals surface area contributed by atoms with Crippen molar-refractivity contribution < 1.29 is 13.2 Å². The summed E-state index contributed by atoms with van der Waals surface area (Å²) >= 11 is 12.0. The number of rotatable bonds is 3. The van der Waals surface area contributed by atoms with Gasteiger partial charge in [0.1, 0.15) is 0 Å². The molecule has 5 heteroatoms. The summed E-state index contributed by atoms with van der Waals surface area (Å²) in [6, 6.07) is 12.1. The van der Waals surface area contributed by atoms with Crippen LogP contribution in [0.2, 0.25) is 5.02 Å². The van der Waals surface area contributed by atoms with Gasteiger partial charge in [0, 0.05) is 5.02 Å². The Hall–Kier alpha value is -1.19. The summed E-state index contributed by atoms with van der Waals surface area (Å²) in [5, 5.41) is 0.316. The second-order valence-corrected chi connectivity index (χ2v) is 5.38. The van der Waals surface area contributed by atoms with Gasteiger partial charge in [-0.05, 0) is 41.8 Å². The Kier molecular flexibility index (Phi) is 4.61. The zero-order chi connectivity index (χ0) is 14.8. The van der Waals surface area contributed by atoms with Crippen LogP contribution in [0.15, 0.2) is 48.5 Å². The first-order chi connectivity index (χ1) is 9.36. The van der Waals surface area contributed by atoms with Crippen molar-refractivity contribution in [3.63, 3.8) is 0 Å². The monoisotopic (exact) mass is 318 g/mol. The summed E-state index contributed by atoms with van der Waals surface area (Å²) in [5.74, 6) is 0. The lowest BCUT2D eigenvalue weighted by atomic mass is 10.0. The fourth-order valence-electron chi connectivity index (χ4n) is 1.83. The lowest BCUT2D eigenvalue weighted by Crippen LogP contribution is -2.05. The topological polar surface area (TPSA) is 0 Å². The standard InChI is InChI=1S/C15H11Cl2F3/c16-13-7-3-11(4-8-13)14(17)9-10-1-5-12(6-2-10)15(18,19)20/h1-8,14H,9H2. The molecule has 0 aromatic heterocycles. The second kappa shape index (κ2) is 6.06. The molecule has 106 valence electrons. The lowest BCUT2D eigenvalue weighted by Gasteiger charge is -2.11. The van der Waals surface area contributed by atoms with Crippen LogP contribution in [-0.4, -0.2) is 0 Å². The summed E-state index contributed by atoms with van der Waals surface area (Å²) in [6.45, 7) is 0. The van der Waals surface area contributed by atoms with Gasteiger partial charge in [0.25, 0.3) is 0 Å². The number of hydrogen-bond donors (Lipinski definition) is 0. The summed E-state index contributed by atoms with van der Waals surface area (Å²) < 4.78 is 37.3. The number of benzene rings is 2. The van der Waals surface area contributed by atoms with Crippen LogP contribution in [0, 0.1) is 0 Å². The predicted octanol–water partition coefficient (Wildman–Crippen LogP) is 5.88. The van der Waals surface area contributed by atoms with Gasteiger partial charge >= 0.3 is 6.18 Å². The highest BCUT2D eigenvalue weighted by atomic mass is 35.5. The second-order valence-electron chi connectivity index (χ2n) is 4.42. The molecule has 0 nitrogen and oxygen atoms in total. The molecule has 20 heavy (non-hydrogen) atoms. The van der Waals surface area contributed by atoms with Gasteiger partial charge in [0.15, 0.2) is 0 Å². The molecule has 2 rings (SSSR count). The highest BCUT2D eigenvalue weighted by molar-refractivity contribution is 6.30. The number of alkyl halides is 4. The Balaban J connectivity index is 2.08. The minimum atomic E-state index is -4.31. The molecule has 0 aliphatic rings. The van der Waals surface area contributed by atoms with Gasteiger partial charge in [-0.3, -0.25) is 0 Å². The van der Waals surface area contributed by atoms with Gasteiger partial charge in [-0.2, -0.15) is 13.2 Å². The number of hydrogen-bond acceptors (Lipinski definition) is 0. The van der Waals surface area contributed by atoms with Crippen molar-refractivity contribution in [1.82, 2.24) is 0 Å². The zero-order valence-corrected chi connectivity index (χ0v) is 11.8. The normalized spacial score (nSPS) is 13.2. The largest absolute Gasteiger partial charge is 0.416 e. The van der Waals surface area contributed by atoms with Crippen molar-refractivity contribution in [1.29, 1.82) is 0 Å². The van der Waals surface area contributed by atoms with Crippen molar-refractivity contribution in [2.24, 2.45) is 0 Å². The van der Waals surface area contributed by atoms with Crippen LogP contribution in [0.3, 0.4) is 0 Å². The summed E-state index contributed by atoms with van der Waals surface area (Å²) in [5.41, 5.74) is 0.989. The summed E-state index contributed by atoms with van der Waals surface area (Å²) in [6.07, 6.45) is -3.85. The molecule has 0 saturated heterocycles. The van der Waals surface area contributed by atoms with Crippen LogP contribution in [0.25, 0.3) is 0 Å². The van der Waals surface area contributed by atoms with Gasteiger partial charge in [-0.15, -0.1) is 11.6 Å². The third-order valence-corrected chi connectivity index (χ3v) is 3.59. The fraction of sp³-hybridized carbons (Fsp3) is 0.200. The van der Waals surface area contributed by atoms with E-state index in [0.717, 1.165) is 23.3 Å². The molecule has 0 radical (unpaired) electrons. The molecular formula is C15H11Cl2F3. The first kappa shape index (κ1) is 15.2. The van der Waals surface area contributed by atoms with E-state index in [4.69, 9.17) is 23.2 Å². The highest BCUT2D eigenvalue weighted by Crippen LogP contribution is 2.31. The van der Waals surface area contributed by atoms with Crippen LogP contribution in [0.1, 0.15) is 22.1 Å². The van der Waals surface area contributed by atoms with Crippen molar-refractivity contribution in [3.8, 4) is 0 Å². The zero-order valence-electron chi connectivity index (χ0n) is 10.3. The van der Waals surface area contributed by atoms with E-state index in [1.54, 1.807) is 12.1 Å². The molecule has 1 atom stereocenters. The molecule has 0 aliphatic carbocycles. The van der Waals surface area contributed by atoms with E-state index >= 15 is 0 Å². The molecular weight excluding hydrogens is 308 g/mol. The van der Waals surface area contributed by atoms with Gasteiger partial charge in [0.2, 0.25) is 0 Å². The lowest BCUT2D eigenvalue weighted by molar-refractivity contribution is -0.137. The molecule has 0 fully saturated rings. The molecule has 0 saturated carbocycles. The Morgan fingerprint density at radius 1 is 0.900 bits per heavy atom. The van der Waals surface area contributed by atoms with Crippen molar-refractivity contribution >= 4 is 23.2 Å². The third-order valence-electron chi connectivity index (χ3n) is 2.93. The predicted molar refractivity (Wildman–Crippen MR) is 75.2 cm³/mol. The van der Waals surface area contributed by atoms with E-state index in [1.807, 2.05) is 12.1 Å². The smallest absolute Gasteiger partial charge is 0.166 e. The van der Waals surface area contributed by atoms with E-state index in [0.29, 0.717) is 11.4 Å². The Labute approximate surface area is 125 Å². The molecule has 0 heterocycles. The molecule has 0 N–H and O–H groups in total. The van der Waals surface area contributed by atoms with E-state index in [-0.39, 0.29) is 5.38 Å². The van der Waals surface area contributed by atoms with Crippen LogP contribution in [-0.2, 0) is 12.6 Å². The number of halogens is 5. The minimum absolute atomic E-state index is 0.302. The van der Waals surface area contributed by atoms with Gasteiger partial charge in [-0.1, -0.05) is 35.9 Å². The van der Waals surface area contributed by atoms with Gasteiger partial charge < -0.3 is 0 Å². The van der Waals surface area contributed by atoms with Crippen LogP contribution >= 0.6 is 23.2 Å². The van der Waals surface area contributed by atoms with Crippen molar-refractivity contribution in [3.05, 3.63) is 70.2 Å².